The van der Waals surface area contributed by atoms with Crippen molar-refractivity contribution < 1.29 is 0 Å². The normalized spacial score (nSPS) is 15.9. The zero-order chi connectivity index (χ0) is 29.8. The third-order valence-electron chi connectivity index (χ3n) is 9.15. The van der Waals surface area contributed by atoms with Crippen LogP contribution in [0.1, 0.15) is 207 Å². The summed E-state index contributed by atoms with van der Waals surface area (Å²) in [4.78, 5) is 0. The van der Waals surface area contributed by atoms with Gasteiger partial charge in [0.1, 0.15) is 0 Å². The molecule has 0 radical (unpaired) electrons. The van der Waals surface area contributed by atoms with Crippen molar-refractivity contribution in [2.45, 2.75) is 207 Å². The van der Waals surface area contributed by atoms with E-state index in [1.54, 1.807) is 0 Å². The van der Waals surface area contributed by atoms with Crippen LogP contribution in [0.2, 0.25) is 0 Å². The summed E-state index contributed by atoms with van der Waals surface area (Å²) in [5, 5.41) is 0. The second-order valence-electron chi connectivity index (χ2n) is 15.5. The summed E-state index contributed by atoms with van der Waals surface area (Å²) in [7, 11) is 0. The minimum absolute atomic E-state index is 0.465. The highest BCUT2D eigenvalue weighted by molar-refractivity contribution is 4.87. The lowest BCUT2D eigenvalue weighted by Gasteiger charge is -2.44. The molecule has 0 amide bonds. The zero-order valence-corrected chi connectivity index (χ0v) is 29.8. The largest absolute Gasteiger partial charge is 0.0654 e. The molecule has 1 unspecified atom stereocenters. The van der Waals surface area contributed by atoms with Gasteiger partial charge in [-0.25, -0.2) is 0 Å². The van der Waals surface area contributed by atoms with Crippen molar-refractivity contribution in [2.24, 2.45) is 33.5 Å². The van der Waals surface area contributed by atoms with Gasteiger partial charge in [0.05, 0.1) is 0 Å². The van der Waals surface area contributed by atoms with Crippen LogP contribution >= 0.6 is 0 Å². The van der Waals surface area contributed by atoms with Gasteiger partial charge in [-0.1, -0.05) is 181 Å². The van der Waals surface area contributed by atoms with Gasteiger partial charge in [-0.2, -0.15) is 0 Å². The lowest BCUT2D eigenvalue weighted by molar-refractivity contribution is 0.0626. The van der Waals surface area contributed by atoms with Crippen LogP contribution in [0.4, 0.5) is 0 Å². The summed E-state index contributed by atoms with van der Waals surface area (Å²) in [6.07, 6.45) is 20.9. The molecule has 0 heterocycles. The third-order valence-corrected chi connectivity index (χ3v) is 9.15. The molecule has 1 fully saturated rings. The first-order chi connectivity index (χ1) is 16.9. The van der Waals surface area contributed by atoms with Crippen LogP contribution in [0.25, 0.3) is 0 Å². The SMILES string of the molecule is CC(C)(C)CC1CCCCC1.CCCC.CCCC(CC)(CC)C(C)(C)C.CCCC(CC)C(C)(C)C. The van der Waals surface area contributed by atoms with E-state index in [2.05, 4.69) is 111 Å². The molecule has 1 atom stereocenters. The molecule has 228 valence electrons. The van der Waals surface area contributed by atoms with E-state index >= 15 is 0 Å². The molecule has 0 nitrogen and oxygen atoms in total. The van der Waals surface area contributed by atoms with Crippen molar-refractivity contribution in [3.8, 4) is 0 Å². The summed E-state index contributed by atoms with van der Waals surface area (Å²) >= 11 is 0. The maximum absolute atomic E-state index is 2.38. The van der Waals surface area contributed by atoms with Crippen molar-refractivity contribution in [1.82, 2.24) is 0 Å². The van der Waals surface area contributed by atoms with Crippen molar-refractivity contribution in [1.29, 1.82) is 0 Å². The quantitative estimate of drug-likeness (QED) is 0.281. The zero-order valence-electron chi connectivity index (χ0n) is 29.8. The molecule has 0 aliphatic heterocycles. The summed E-state index contributed by atoms with van der Waals surface area (Å²) in [6, 6.07) is 0. The van der Waals surface area contributed by atoms with E-state index < -0.39 is 0 Å². The van der Waals surface area contributed by atoms with Crippen molar-refractivity contribution in [3.63, 3.8) is 0 Å². The number of rotatable bonds is 9. The molecule has 0 aromatic rings. The van der Waals surface area contributed by atoms with Crippen molar-refractivity contribution >= 4 is 0 Å². The van der Waals surface area contributed by atoms with E-state index in [-0.39, 0.29) is 0 Å². The molecule has 1 saturated carbocycles. The summed E-state index contributed by atoms with van der Waals surface area (Å²) in [5.41, 5.74) is 2.11. The fourth-order valence-electron chi connectivity index (χ4n) is 6.37. The van der Waals surface area contributed by atoms with Gasteiger partial charge in [0.15, 0.2) is 0 Å². The maximum Gasteiger partial charge on any atom is -0.0254 e. The Balaban J connectivity index is -0.000000438. The van der Waals surface area contributed by atoms with E-state index in [9.17, 15) is 0 Å². The Morgan fingerprint density at radius 1 is 0.595 bits per heavy atom. The Morgan fingerprint density at radius 2 is 1.05 bits per heavy atom. The van der Waals surface area contributed by atoms with E-state index in [4.69, 9.17) is 0 Å². The fourth-order valence-corrected chi connectivity index (χ4v) is 6.37. The first-order valence-electron chi connectivity index (χ1n) is 16.9. The first kappa shape index (κ1) is 41.5. The highest BCUT2D eigenvalue weighted by Gasteiger charge is 2.37. The Bertz CT molecular complexity index is 452. The second kappa shape index (κ2) is 21.8. The van der Waals surface area contributed by atoms with Gasteiger partial charge < -0.3 is 0 Å². The Morgan fingerprint density at radius 3 is 1.24 bits per heavy atom. The molecule has 37 heavy (non-hydrogen) atoms. The maximum atomic E-state index is 2.38. The second-order valence-corrected chi connectivity index (χ2v) is 15.5. The van der Waals surface area contributed by atoms with Crippen molar-refractivity contribution in [3.05, 3.63) is 0 Å². The lowest BCUT2D eigenvalue weighted by Crippen LogP contribution is -2.34. The molecule has 0 N–H and O–H groups in total. The van der Waals surface area contributed by atoms with E-state index in [1.165, 1.54) is 96.3 Å². The minimum atomic E-state index is 0.465. The third kappa shape index (κ3) is 21.5. The highest BCUT2D eigenvalue weighted by atomic mass is 14.4. The Hall–Kier alpha value is 0. The van der Waals surface area contributed by atoms with Crippen LogP contribution in [0.3, 0.4) is 0 Å². The van der Waals surface area contributed by atoms with E-state index in [0.717, 1.165) is 11.8 Å². The molecule has 1 aliphatic rings. The van der Waals surface area contributed by atoms with E-state index in [0.29, 0.717) is 21.7 Å². The number of unbranched alkanes of at least 4 members (excludes halogenated alkanes) is 1. The molecular formula is C37H80. The van der Waals surface area contributed by atoms with Crippen LogP contribution in [-0.4, -0.2) is 0 Å². The number of hydrogen-bond donors (Lipinski definition) is 0. The summed E-state index contributed by atoms with van der Waals surface area (Å²) in [6.45, 7) is 37.2. The minimum Gasteiger partial charge on any atom is -0.0654 e. The molecule has 0 saturated heterocycles. The highest BCUT2D eigenvalue weighted by Crippen LogP contribution is 2.47. The average Bonchev–Trinajstić information content (AvgIpc) is 2.80. The molecule has 1 aliphatic carbocycles. The van der Waals surface area contributed by atoms with E-state index in [1.807, 2.05) is 0 Å². The molecule has 0 aromatic carbocycles. The average molecular weight is 525 g/mol. The van der Waals surface area contributed by atoms with Gasteiger partial charge in [0, 0.05) is 0 Å². The Kier molecular flexibility index (Phi) is 24.4. The van der Waals surface area contributed by atoms with Gasteiger partial charge in [-0.3, -0.25) is 0 Å². The molecule has 0 spiro atoms. The smallest absolute Gasteiger partial charge is 0.0254 e. The van der Waals surface area contributed by atoms with Crippen LogP contribution in [0.15, 0.2) is 0 Å². The lowest BCUT2D eigenvalue weighted by atomic mass is 9.61. The van der Waals surface area contributed by atoms with Gasteiger partial charge in [-0.15, -0.1) is 0 Å². The fraction of sp³-hybridized carbons (Fsp3) is 1.00. The first-order valence-corrected chi connectivity index (χ1v) is 16.9. The van der Waals surface area contributed by atoms with Gasteiger partial charge in [-0.05, 0) is 59.2 Å². The van der Waals surface area contributed by atoms with Crippen LogP contribution in [-0.2, 0) is 0 Å². The molecule has 0 bridgehead atoms. The summed E-state index contributed by atoms with van der Waals surface area (Å²) < 4.78 is 0. The summed E-state index contributed by atoms with van der Waals surface area (Å²) in [5.74, 6) is 1.96. The van der Waals surface area contributed by atoms with Crippen LogP contribution < -0.4 is 0 Å². The van der Waals surface area contributed by atoms with Crippen LogP contribution in [0.5, 0.6) is 0 Å². The molecule has 0 heteroatoms. The Labute approximate surface area is 240 Å². The van der Waals surface area contributed by atoms with Gasteiger partial charge >= 0.3 is 0 Å². The number of hydrogen-bond acceptors (Lipinski definition) is 0. The van der Waals surface area contributed by atoms with Gasteiger partial charge in [0.25, 0.3) is 0 Å². The van der Waals surface area contributed by atoms with Gasteiger partial charge in [0.2, 0.25) is 0 Å². The molecule has 0 aromatic heterocycles. The topological polar surface area (TPSA) is 0 Å². The standard InChI is InChI=1S/C12H26.C11H22.C10H22.C4H10/c1-7-10-12(8-2,9-3)11(4,5)6;1-11(2,3)9-10-7-5-4-6-8-10;1-6-8-9(7-2)10(3,4)5;1-3-4-2/h7-10H2,1-6H3;10H,4-9H2,1-3H3;9H,6-8H2,1-5H3;3-4H2,1-2H3. The predicted molar refractivity (Wildman–Crippen MR) is 177 cm³/mol. The monoisotopic (exact) mass is 525 g/mol. The van der Waals surface area contributed by atoms with Crippen LogP contribution in [0, 0.1) is 33.5 Å². The van der Waals surface area contributed by atoms with Crippen molar-refractivity contribution in [2.75, 3.05) is 0 Å². The predicted octanol–water partition coefficient (Wildman–Crippen LogP) is 14.3. The molecule has 1 rings (SSSR count). The molecular weight excluding hydrogens is 444 g/mol.